The molecule has 0 aromatic heterocycles. The van der Waals surface area contributed by atoms with Gasteiger partial charge in [-0.25, -0.2) is 0 Å². The minimum atomic E-state index is -4.04. The second-order valence-corrected chi connectivity index (χ2v) is 25.6. The molecular formula is C54H97O3PS. The quantitative estimate of drug-likeness (QED) is 0.0494. The Balaban J connectivity index is 2.24. The molecule has 0 saturated heterocycles. The van der Waals surface area contributed by atoms with Crippen LogP contribution < -0.4 is 5.30 Å². The maximum absolute atomic E-state index is 15.2. The summed E-state index contributed by atoms with van der Waals surface area (Å²) in [6, 6.07) is 16.8. The van der Waals surface area contributed by atoms with Crippen LogP contribution in [0.5, 0.6) is 0 Å². The summed E-state index contributed by atoms with van der Waals surface area (Å²) in [6.45, 7) is 7.90. The fourth-order valence-corrected chi connectivity index (χ4v) is 19.5. The molecule has 0 N–H and O–H groups in total. The molecule has 2 rings (SSSR count). The summed E-state index contributed by atoms with van der Waals surface area (Å²) in [6.07, 6.45) is 44.9. The van der Waals surface area contributed by atoms with Gasteiger partial charge in [0.2, 0.25) is 0 Å². The van der Waals surface area contributed by atoms with Crippen LogP contribution in [-0.2, 0) is 26.9 Å². The third-order valence-corrected chi connectivity index (χ3v) is 22.3. The topological polar surface area (TPSA) is 43.4 Å². The first kappa shape index (κ1) is 53.9. The molecule has 342 valence electrons. The van der Waals surface area contributed by atoms with Crippen molar-refractivity contribution in [3.8, 4) is 0 Å². The van der Waals surface area contributed by atoms with Crippen LogP contribution in [0, 0.1) is 0 Å². The van der Waals surface area contributed by atoms with E-state index in [1.54, 1.807) is 0 Å². The van der Waals surface area contributed by atoms with E-state index in [1.807, 2.05) is 12.1 Å². The summed E-state index contributed by atoms with van der Waals surface area (Å²) in [5, 5.41) is 1.17. The third kappa shape index (κ3) is 21.1. The van der Waals surface area contributed by atoms with Gasteiger partial charge in [-0.2, -0.15) is 0 Å². The van der Waals surface area contributed by atoms with Crippen LogP contribution in [0.1, 0.15) is 251 Å². The monoisotopic (exact) mass is 857 g/mol. The third-order valence-electron chi connectivity index (χ3n) is 13.4. The van der Waals surface area contributed by atoms with Gasteiger partial charge in [-0.3, -0.25) is 0 Å². The van der Waals surface area contributed by atoms with E-state index < -0.39 is 16.9 Å². The van der Waals surface area contributed by atoms with Crippen molar-refractivity contribution < 1.29 is 12.4 Å². The minimum Gasteiger partial charge on any atom is -0.0654 e. The summed E-state index contributed by atoms with van der Waals surface area (Å²) in [5.41, 5.74) is 2.30. The summed E-state index contributed by atoms with van der Waals surface area (Å²) in [5.74, 6) is 0. The van der Waals surface area contributed by atoms with Crippen LogP contribution in [0.15, 0.2) is 53.4 Å². The number of aryl methyl sites for hydroxylation is 1. The molecule has 0 spiro atoms. The van der Waals surface area contributed by atoms with E-state index in [0.717, 1.165) is 94.7 Å². The van der Waals surface area contributed by atoms with Crippen LogP contribution >= 0.6 is 6.83 Å². The predicted octanol–water partition coefficient (Wildman–Crippen LogP) is 17.9. The van der Waals surface area contributed by atoms with Gasteiger partial charge < -0.3 is 0 Å². The van der Waals surface area contributed by atoms with Crippen molar-refractivity contribution >= 4 is 22.3 Å². The van der Waals surface area contributed by atoms with Crippen LogP contribution in [-0.4, -0.2) is 26.9 Å². The summed E-state index contributed by atoms with van der Waals surface area (Å²) >= 11 is 0. The van der Waals surface area contributed by atoms with Gasteiger partial charge >= 0.3 is 273 Å². The summed E-state index contributed by atoms with van der Waals surface area (Å²) < 4.78 is 37.7. The number of hydrogen-bond donors (Lipinski definition) is 0. The van der Waals surface area contributed by atoms with Crippen molar-refractivity contribution in [3.63, 3.8) is 0 Å². The van der Waals surface area contributed by atoms with Gasteiger partial charge in [0.15, 0.2) is 0 Å². The fraction of sp³-hybridized carbons (Fsp3) is 0.778. The molecule has 0 bridgehead atoms. The zero-order valence-corrected chi connectivity index (χ0v) is 41.6. The Bertz CT molecular complexity index is 1370. The minimum absolute atomic E-state index is 0.470. The van der Waals surface area contributed by atoms with Crippen molar-refractivity contribution in [2.24, 2.45) is 0 Å². The Kier molecular flexibility index (Phi) is 30.5. The van der Waals surface area contributed by atoms with Gasteiger partial charge in [0.25, 0.3) is 0 Å². The number of hydrogen-bond acceptors (Lipinski definition) is 3. The fourth-order valence-electron chi connectivity index (χ4n) is 9.57. The van der Waals surface area contributed by atoms with E-state index in [-0.39, 0.29) is 0 Å². The molecule has 0 saturated carbocycles. The Labute approximate surface area is 369 Å². The molecule has 59 heavy (non-hydrogen) atoms. The normalized spacial score (nSPS) is 12.9. The van der Waals surface area contributed by atoms with Crippen molar-refractivity contribution in [2.75, 3.05) is 18.5 Å². The summed E-state index contributed by atoms with van der Waals surface area (Å²) in [7, 11) is -4.04. The van der Waals surface area contributed by atoms with Crippen molar-refractivity contribution in [1.29, 1.82) is 0 Å². The van der Waals surface area contributed by atoms with Crippen LogP contribution in [0.3, 0.4) is 0 Å². The van der Waals surface area contributed by atoms with Gasteiger partial charge in [0.1, 0.15) is 0 Å². The summed E-state index contributed by atoms with van der Waals surface area (Å²) in [4.78, 5) is 0.470. The average molecular weight is 857 g/mol. The number of unbranched alkanes of at least 4 members (excludes halogenated alkanes) is 27. The zero-order chi connectivity index (χ0) is 42.8. The second-order valence-electron chi connectivity index (χ2n) is 18.6. The molecule has 3 nitrogen and oxygen atoms in total. The van der Waals surface area contributed by atoms with E-state index in [0.29, 0.717) is 4.90 Å². The van der Waals surface area contributed by atoms with E-state index in [2.05, 4.69) is 71.0 Å². The maximum atomic E-state index is 15.2. The molecule has 5 heteroatoms. The SMILES string of the molecule is CCCCCCCCCCCCCCCc1cccc(S(=O)(=O)OP(CCCC)(CCCC)(CCCC)c2ccccc2)c1CCCCCCCCCCCCCCC. The van der Waals surface area contributed by atoms with Crippen LogP contribution in [0.2, 0.25) is 0 Å². The molecule has 0 aliphatic heterocycles. The second kappa shape index (κ2) is 33.4. The van der Waals surface area contributed by atoms with Gasteiger partial charge in [0, 0.05) is 0 Å². The van der Waals surface area contributed by atoms with E-state index in [9.17, 15) is 0 Å². The molecule has 0 aliphatic rings. The van der Waals surface area contributed by atoms with Crippen LogP contribution in [0.25, 0.3) is 0 Å². The Morgan fingerprint density at radius 2 is 0.746 bits per heavy atom. The Morgan fingerprint density at radius 1 is 0.390 bits per heavy atom. The average Bonchev–Trinajstić information content (AvgIpc) is 3.25. The zero-order valence-electron chi connectivity index (χ0n) is 39.9. The molecular weight excluding hydrogens is 760 g/mol. The molecule has 0 aliphatic carbocycles. The van der Waals surface area contributed by atoms with Gasteiger partial charge in [-0.1, -0.05) is 97.3 Å². The van der Waals surface area contributed by atoms with E-state index in [1.165, 1.54) is 159 Å². The van der Waals surface area contributed by atoms with Crippen molar-refractivity contribution in [3.05, 3.63) is 59.7 Å². The molecule has 2 aromatic rings. The van der Waals surface area contributed by atoms with Crippen molar-refractivity contribution in [2.45, 2.75) is 258 Å². The number of benzene rings is 2. The molecule has 0 atom stereocenters. The Hall–Kier alpha value is -1.22. The first-order valence-electron chi connectivity index (χ1n) is 26.0. The predicted molar refractivity (Wildman–Crippen MR) is 266 cm³/mol. The van der Waals surface area contributed by atoms with E-state index in [4.69, 9.17) is 3.97 Å². The smallest absolute Gasteiger partial charge is 0.0654 e. The number of rotatable bonds is 41. The van der Waals surface area contributed by atoms with Gasteiger partial charge in [0.05, 0.1) is 0 Å². The first-order chi connectivity index (χ1) is 28.8. The molecule has 0 amide bonds. The standard InChI is InChI=1S/C54H97O3PS/c1-6-11-16-18-20-22-24-26-28-30-32-34-37-42-51-43-41-47-54(53(51)46-40-35-33-31-29-27-25-23-21-19-17-12-7-2)59(55,56)57-58(48-13-8-3,49-14-9-4,50-15-10-5)52-44-38-36-39-45-52/h36,38-39,41,43-45,47H,6-35,37,40,42,46,48-50H2,1-5H3. The Morgan fingerprint density at radius 3 is 1.14 bits per heavy atom. The van der Waals surface area contributed by atoms with Crippen molar-refractivity contribution in [1.82, 2.24) is 0 Å². The first-order valence-corrected chi connectivity index (χ1v) is 30.1. The molecule has 0 radical (unpaired) electrons. The molecule has 0 heterocycles. The molecule has 0 unspecified atom stereocenters. The van der Waals surface area contributed by atoms with Gasteiger partial charge in [-0.15, -0.1) is 0 Å². The van der Waals surface area contributed by atoms with Crippen LogP contribution in [0.4, 0.5) is 0 Å². The van der Waals surface area contributed by atoms with Gasteiger partial charge in [-0.05, 0) is 0 Å². The van der Waals surface area contributed by atoms with E-state index >= 15 is 8.42 Å². The molecule has 2 aromatic carbocycles. The molecule has 0 fully saturated rings.